The van der Waals surface area contributed by atoms with Gasteiger partial charge in [-0.2, -0.15) is 0 Å². The van der Waals surface area contributed by atoms with Gasteiger partial charge in [-0.1, -0.05) is 42.5 Å². The summed E-state index contributed by atoms with van der Waals surface area (Å²) in [7, 11) is 2.14. The summed E-state index contributed by atoms with van der Waals surface area (Å²) in [5.74, 6) is 0.951. The molecule has 120 valence electrons. The predicted octanol–water partition coefficient (Wildman–Crippen LogP) is 3.29. The van der Waals surface area contributed by atoms with E-state index in [0.29, 0.717) is 13.2 Å². The molecule has 0 unspecified atom stereocenters. The predicted molar refractivity (Wildman–Crippen MR) is 95.5 cm³/mol. The first-order chi connectivity index (χ1) is 11.3. The maximum Gasteiger partial charge on any atom is 0.127 e. The smallest absolute Gasteiger partial charge is 0.127 e. The Kier molecular flexibility index (Phi) is 5.11. The van der Waals surface area contributed by atoms with Gasteiger partial charge < -0.3 is 15.4 Å². The molecule has 2 aromatic rings. The summed E-state index contributed by atoms with van der Waals surface area (Å²) in [6.07, 6.45) is 3.34. The Hall–Kier alpha value is -2.10. The lowest BCUT2D eigenvalue weighted by atomic mass is 9.94. The van der Waals surface area contributed by atoms with E-state index in [4.69, 9.17) is 10.5 Å². The van der Waals surface area contributed by atoms with Crippen LogP contribution in [0.5, 0.6) is 5.75 Å². The molecule has 3 rings (SSSR count). The SMILES string of the molecule is CN1CC/C=C(/c2cccc(CN)c2)c2ccccc2OCC1. The third-order valence-corrected chi connectivity index (χ3v) is 4.24. The molecule has 23 heavy (non-hydrogen) atoms. The topological polar surface area (TPSA) is 38.5 Å². The molecule has 0 aliphatic carbocycles. The van der Waals surface area contributed by atoms with Crippen molar-refractivity contribution in [2.45, 2.75) is 13.0 Å². The number of para-hydroxylation sites is 1. The number of benzene rings is 2. The molecule has 0 atom stereocenters. The van der Waals surface area contributed by atoms with Crippen molar-refractivity contribution in [2.75, 3.05) is 26.7 Å². The van der Waals surface area contributed by atoms with Crippen molar-refractivity contribution >= 4 is 5.57 Å². The molecule has 0 radical (unpaired) electrons. The highest BCUT2D eigenvalue weighted by atomic mass is 16.5. The van der Waals surface area contributed by atoms with E-state index in [1.165, 1.54) is 11.1 Å². The van der Waals surface area contributed by atoms with Crippen LogP contribution >= 0.6 is 0 Å². The summed E-state index contributed by atoms with van der Waals surface area (Å²) in [5, 5.41) is 0. The molecule has 2 aromatic carbocycles. The first-order valence-electron chi connectivity index (χ1n) is 8.18. The lowest BCUT2D eigenvalue weighted by Gasteiger charge is -2.21. The minimum atomic E-state index is 0.558. The van der Waals surface area contributed by atoms with E-state index in [-0.39, 0.29) is 0 Å². The maximum absolute atomic E-state index is 6.04. The summed E-state index contributed by atoms with van der Waals surface area (Å²) in [5.41, 5.74) is 10.5. The van der Waals surface area contributed by atoms with Crippen molar-refractivity contribution in [2.24, 2.45) is 5.73 Å². The van der Waals surface area contributed by atoms with E-state index < -0.39 is 0 Å². The van der Waals surface area contributed by atoms with Crippen molar-refractivity contribution in [3.63, 3.8) is 0 Å². The standard InChI is InChI=1S/C20H24N2O/c1-22-11-5-9-18(17-7-4-6-16(14-17)15-21)19-8-2-3-10-20(19)23-13-12-22/h2-4,6-10,14H,5,11-13,15,21H2,1H3/b18-9-. The molecule has 1 heterocycles. The van der Waals surface area contributed by atoms with Gasteiger partial charge in [0, 0.05) is 25.2 Å². The van der Waals surface area contributed by atoms with Crippen LogP contribution < -0.4 is 10.5 Å². The zero-order valence-corrected chi connectivity index (χ0v) is 13.7. The van der Waals surface area contributed by atoms with Gasteiger partial charge in [-0.15, -0.1) is 0 Å². The fourth-order valence-corrected chi connectivity index (χ4v) is 2.92. The number of fused-ring (bicyclic) bond motifs is 1. The molecular formula is C20H24N2O. The van der Waals surface area contributed by atoms with Gasteiger partial charge in [0.15, 0.2) is 0 Å². The van der Waals surface area contributed by atoms with Crippen molar-refractivity contribution in [3.05, 3.63) is 71.3 Å². The van der Waals surface area contributed by atoms with Gasteiger partial charge >= 0.3 is 0 Å². The molecule has 0 saturated heterocycles. The minimum Gasteiger partial charge on any atom is -0.492 e. The highest BCUT2D eigenvalue weighted by Gasteiger charge is 2.13. The third kappa shape index (κ3) is 3.81. The molecule has 2 N–H and O–H groups in total. The van der Waals surface area contributed by atoms with Crippen LogP contribution in [-0.4, -0.2) is 31.6 Å². The summed E-state index contributed by atoms with van der Waals surface area (Å²) in [6.45, 7) is 3.25. The van der Waals surface area contributed by atoms with E-state index in [2.05, 4.69) is 60.5 Å². The number of nitrogens with two attached hydrogens (primary N) is 1. The van der Waals surface area contributed by atoms with Gasteiger partial charge in [0.05, 0.1) is 0 Å². The second-order valence-electron chi connectivity index (χ2n) is 5.96. The van der Waals surface area contributed by atoms with Crippen LogP contribution in [-0.2, 0) is 6.54 Å². The molecular weight excluding hydrogens is 284 g/mol. The zero-order valence-electron chi connectivity index (χ0n) is 13.7. The molecule has 0 saturated carbocycles. The lowest BCUT2D eigenvalue weighted by molar-refractivity contribution is 0.238. The molecule has 3 heteroatoms. The van der Waals surface area contributed by atoms with Gasteiger partial charge in [0.2, 0.25) is 0 Å². The molecule has 3 nitrogen and oxygen atoms in total. The number of hydrogen-bond donors (Lipinski definition) is 1. The van der Waals surface area contributed by atoms with Crippen LogP contribution in [0.25, 0.3) is 5.57 Å². The first kappa shape index (κ1) is 15.8. The fourth-order valence-electron chi connectivity index (χ4n) is 2.92. The Morgan fingerprint density at radius 1 is 1.09 bits per heavy atom. The monoisotopic (exact) mass is 308 g/mol. The Labute approximate surface area is 138 Å². The van der Waals surface area contributed by atoms with Crippen molar-refractivity contribution < 1.29 is 4.74 Å². The number of ether oxygens (including phenoxy) is 1. The Balaban J connectivity index is 2.06. The first-order valence-corrected chi connectivity index (χ1v) is 8.18. The van der Waals surface area contributed by atoms with Crippen LogP contribution in [0.4, 0.5) is 0 Å². The van der Waals surface area contributed by atoms with E-state index >= 15 is 0 Å². The second-order valence-corrected chi connectivity index (χ2v) is 5.96. The second kappa shape index (κ2) is 7.44. The quantitative estimate of drug-likeness (QED) is 0.925. The van der Waals surface area contributed by atoms with Crippen LogP contribution in [0.2, 0.25) is 0 Å². The highest BCUT2D eigenvalue weighted by Crippen LogP contribution is 2.32. The summed E-state index contributed by atoms with van der Waals surface area (Å²) in [6, 6.07) is 16.8. The van der Waals surface area contributed by atoms with Crippen molar-refractivity contribution in [1.82, 2.24) is 4.90 Å². The molecule has 0 amide bonds. The summed E-state index contributed by atoms with van der Waals surface area (Å²) < 4.78 is 6.04. The Morgan fingerprint density at radius 2 is 1.96 bits per heavy atom. The molecule has 0 spiro atoms. The lowest BCUT2D eigenvalue weighted by Crippen LogP contribution is -2.25. The normalized spacial score (nSPS) is 18.4. The fraction of sp³-hybridized carbons (Fsp3) is 0.300. The average Bonchev–Trinajstić information content (AvgIpc) is 2.59. The van der Waals surface area contributed by atoms with E-state index in [0.717, 1.165) is 36.4 Å². The van der Waals surface area contributed by atoms with Crippen molar-refractivity contribution in [3.8, 4) is 5.75 Å². The van der Waals surface area contributed by atoms with Gasteiger partial charge in [-0.05, 0) is 42.3 Å². The van der Waals surface area contributed by atoms with Gasteiger partial charge in [0.25, 0.3) is 0 Å². The zero-order chi connectivity index (χ0) is 16.1. The summed E-state index contributed by atoms with van der Waals surface area (Å²) >= 11 is 0. The van der Waals surface area contributed by atoms with Crippen molar-refractivity contribution in [1.29, 1.82) is 0 Å². The van der Waals surface area contributed by atoms with Crippen LogP contribution in [0.3, 0.4) is 0 Å². The van der Waals surface area contributed by atoms with Gasteiger partial charge in [-0.25, -0.2) is 0 Å². The number of likely N-dealkylation sites (N-methyl/N-ethyl adjacent to an activating group) is 1. The molecule has 0 aromatic heterocycles. The van der Waals surface area contributed by atoms with E-state index in [1.807, 2.05) is 6.07 Å². The highest BCUT2D eigenvalue weighted by molar-refractivity contribution is 5.83. The average molecular weight is 308 g/mol. The van der Waals surface area contributed by atoms with Crippen LogP contribution in [0.15, 0.2) is 54.6 Å². The van der Waals surface area contributed by atoms with Gasteiger partial charge in [-0.3, -0.25) is 0 Å². The third-order valence-electron chi connectivity index (χ3n) is 4.24. The minimum absolute atomic E-state index is 0.558. The largest absolute Gasteiger partial charge is 0.492 e. The van der Waals surface area contributed by atoms with E-state index in [9.17, 15) is 0 Å². The molecule has 1 aliphatic rings. The van der Waals surface area contributed by atoms with Crippen LogP contribution in [0.1, 0.15) is 23.1 Å². The maximum atomic E-state index is 6.04. The van der Waals surface area contributed by atoms with Crippen LogP contribution in [0, 0.1) is 0 Å². The molecule has 1 aliphatic heterocycles. The number of rotatable bonds is 2. The number of hydrogen-bond acceptors (Lipinski definition) is 3. The summed E-state index contributed by atoms with van der Waals surface area (Å²) in [4.78, 5) is 2.30. The van der Waals surface area contributed by atoms with Gasteiger partial charge in [0.1, 0.15) is 12.4 Å². The Bertz CT molecular complexity index is 694. The Morgan fingerprint density at radius 3 is 2.83 bits per heavy atom. The number of nitrogens with zero attached hydrogens (tertiary/aromatic N) is 1. The molecule has 0 bridgehead atoms. The van der Waals surface area contributed by atoms with E-state index in [1.54, 1.807) is 0 Å². The molecule has 0 fully saturated rings.